The van der Waals surface area contributed by atoms with Crippen molar-refractivity contribution < 1.29 is 7.16 Å². The van der Waals surface area contributed by atoms with Crippen LogP contribution in [0.15, 0.2) is 138 Å². The Balaban J connectivity index is 1.46. The predicted octanol–water partition coefficient (Wildman–Crippen LogP) is 10.4. The Morgan fingerprint density at radius 2 is 1.05 bits per heavy atom. The summed E-state index contributed by atoms with van der Waals surface area (Å²) in [4.78, 5) is 0. The number of hydrogen-bond donors (Lipinski definition) is 0. The van der Waals surface area contributed by atoms with E-state index in [0.29, 0.717) is 17.7 Å². The van der Waals surface area contributed by atoms with Gasteiger partial charge >= 0.3 is 0 Å². The van der Waals surface area contributed by atoms with Gasteiger partial charge in [-0.2, -0.15) is 0 Å². The van der Waals surface area contributed by atoms with Crippen LogP contribution in [0.1, 0.15) is 2.74 Å². The molecular formula is C36H22O. The number of hydrogen-bond acceptors (Lipinski definition) is 1. The Hall–Kier alpha value is -4.88. The van der Waals surface area contributed by atoms with Crippen LogP contribution in [-0.4, -0.2) is 0 Å². The van der Waals surface area contributed by atoms with Crippen molar-refractivity contribution in [3.63, 3.8) is 0 Å². The van der Waals surface area contributed by atoms with Crippen LogP contribution in [0.5, 0.6) is 0 Å². The van der Waals surface area contributed by atoms with Gasteiger partial charge < -0.3 is 4.42 Å². The predicted molar refractivity (Wildman–Crippen MR) is 157 cm³/mol. The van der Waals surface area contributed by atoms with E-state index in [4.69, 9.17) is 7.16 Å². The van der Waals surface area contributed by atoms with Gasteiger partial charge in [0.25, 0.3) is 0 Å². The molecule has 0 unspecified atom stereocenters. The van der Waals surface area contributed by atoms with E-state index in [1.807, 2.05) is 36.4 Å². The first-order chi connectivity index (χ1) is 19.2. The zero-order valence-electron chi connectivity index (χ0n) is 22.0. The third-order valence-corrected chi connectivity index (χ3v) is 7.49. The molecule has 8 rings (SSSR count). The standard InChI is InChI=1S/C36H22O/c1-2-10-24-21-25(18-17-23(24)9-1)35-28-12-3-5-14-30(28)36(31-15-6-4-13-29(31)35)26-19-20-34-32(22-26)27-11-7-8-16-33(27)37-34/h1-22H/i1D,16D. The van der Waals surface area contributed by atoms with Gasteiger partial charge in [0, 0.05) is 10.8 Å². The largest absolute Gasteiger partial charge is 0.456 e. The van der Waals surface area contributed by atoms with Crippen LogP contribution >= 0.6 is 0 Å². The molecule has 1 heteroatoms. The third kappa shape index (κ3) is 3.04. The second-order valence-electron chi connectivity index (χ2n) is 9.56. The van der Waals surface area contributed by atoms with Gasteiger partial charge in [0.1, 0.15) is 11.2 Å². The van der Waals surface area contributed by atoms with Gasteiger partial charge in [-0.1, -0.05) is 109 Å². The minimum atomic E-state index is 0.403. The summed E-state index contributed by atoms with van der Waals surface area (Å²) < 4.78 is 22.4. The summed E-state index contributed by atoms with van der Waals surface area (Å²) in [6.45, 7) is 0. The zero-order valence-corrected chi connectivity index (χ0v) is 20.0. The van der Waals surface area contributed by atoms with Gasteiger partial charge in [-0.05, 0) is 78.8 Å². The topological polar surface area (TPSA) is 13.1 Å². The highest BCUT2D eigenvalue weighted by Gasteiger charge is 2.17. The molecule has 0 aliphatic heterocycles. The molecule has 0 bridgehead atoms. The summed E-state index contributed by atoms with van der Waals surface area (Å²) in [6, 6.07) is 42.7. The summed E-state index contributed by atoms with van der Waals surface area (Å²) >= 11 is 0. The molecule has 1 aromatic heterocycles. The second-order valence-corrected chi connectivity index (χ2v) is 9.56. The molecule has 0 fully saturated rings. The highest BCUT2D eigenvalue weighted by molar-refractivity contribution is 6.22. The van der Waals surface area contributed by atoms with Gasteiger partial charge in [0.05, 0.1) is 2.74 Å². The smallest absolute Gasteiger partial charge is 0.135 e. The molecule has 0 radical (unpaired) electrons. The Bertz CT molecular complexity index is 2200. The Morgan fingerprint density at radius 1 is 0.432 bits per heavy atom. The van der Waals surface area contributed by atoms with Crippen molar-refractivity contribution in [2.24, 2.45) is 0 Å². The van der Waals surface area contributed by atoms with Crippen LogP contribution in [0.4, 0.5) is 0 Å². The molecule has 8 aromatic rings. The fourth-order valence-corrected chi connectivity index (χ4v) is 5.85. The maximum Gasteiger partial charge on any atom is 0.135 e. The van der Waals surface area contributed by atoms with Crippen molar-refractivity contribution in [3.05, 3.63) is 133 Å². The summed E-state index contributed by atoms with van der Waals surface area (Å²) in [5.74, 6) is 0. The quantitative estimate of drug-likeness (QED) is 0.228. The number of benzene rings is 7. The summed E-state index contributed by atoms with van der Waals surface area (Å²) in [5.41, 5.74) is 6.13. The lowest BCUT2D eigenvalue weighted by atomic mass is 9.85. The molecule has 0 saturated heterocycles. The Labute approximate surface area is 217 Å². The van der Waals surface area contributed by atoms with Crippen LogP contribution in [0, 0.1) is 0 Å². The van der Waals surface area contributed by atoms with E-state index >= 15 is 0 Å². The second kappa shape index (κ2) is 7.81. The average Bonchev–Trinajstić information content (AvgIpc) is 3.35. The third-order valence-electron chi connectivity index (χ3n) is 7.49. The molecule has 0 amide bonds. The highest BCUT2D eigenvalue weighted by atomic mass is 16.3. The van der Waals surface area contributed by atoms with E-state index in [9.17, 15) is 0 Å². The Kier molecular flexibility index (Phi) is 3.88. The van der Waals surface area contributed by atoms with Crippen molar-refractivity contribution in [2.45, 2.75) is 0 Å². The molecule has 1 nitrogen and oxygen atoms in total. The minimum Gasteiger partial charge on any atom is -0.456 e. The lowest BCUT2D eigenvalue weighted by molar-refractivity contribution is 0.669. The maximum atomic E-state index is 8.29. The number of fused-ring (bicyclic) bond motifs is 6. The molecular weight excluding hydrogens is 448 g/mol. The maximum absolute atomic E-state index is 8.29. The van der Waals surface area contributed by atoms with Crippen molar-refractivity contribution in [2.75, 3.05) is 0 Å². The average molecular weight is 473 g/mol. The van der Waals surface area contributed by atoms with Gasteiger partial charge in [0.15, 0.2) is 0 Å². The fraction of sp³-hybridized carbons (Fsp3) is 0. The van der Waals surface area contributed by atoms with Crippen LogP contribution in [0.25, 0.3) is 76.5 Å². The van der Waals surface area contributed by atoms with Crippen molar-refractivity contribution in [1.29, 1.82) is 0 Å². The van der Waals surface area contributed by atoms with Crippen LogP contribution in [-0.2, 0) is 0 Å². The van der Waals surface area contributed by atoms with Gasteiger partial charge in [-0.25, -0.2) is 0 Å². The molecule has 1 heterocycles. The molecule has 0 spiro atoms. The molecule has 0 aliphatic carbocycles. The van der Waals surface area contributed by atoms with Crippen LogP contribution in [0.3, 0.4) is 0 Å². The molecule has 0 saturated carbocycles. The van der Waals surface area contributed by atoms with Gasteiger partial charge in [-0.15, -0.1) is 0 Å². The molecule has 0 aliphatic rings. The number of furan rings is 1. The van der Waals surface area contributed by atoms with Crippen molar-refractivity contribution >= 4 is 54.3 Å². The summed E-state index contributed by atoms with van der Waals surface area (Å²) in [7, 11) is 0. The minimum absolute atomic E-state index is 0.403. The highest BCUT2D eigenvalue weighted by Crippen LogP contribution is 2.45. The van der Waals surface area contributed by atoms with E-state index in [1.54, 1.807) is 6.07 Å². The Morgan fingerprint density at radius 3 is 1.78 bits per heavy atom. The zero-order chi connectivity index (χ0) is 26.1. The fourth-order valence-electron chi connectivity index (χ4n) is 5.85. The molecule has 7 aromatic carbocycles. The first-order valence-corrected chi connectivity index (χ1v) is 12.5. The van der Waals surface area contributed by atoms with E-state index < -0.39 is 0 Å². The number of rotatable bonds is 2. The van der Waals surface area contributed by atoms with Crippen molar-refractivity contribution in [3.8, 4) is 22.3 Å². The first-order valence-electron chi connectivity index (χ1n) is 13.5. The monoisotopic (exact) mass is 472 g/mol. The molecule has 37 heavy (non-hydrogen) atoms. The molecule has 0 atom stereocenters. The van der Waals surface area contributed by atoms with E-state index in [0.717, 1.165) is 32.7 Å². The van der Waals surface area contributed by atoms with E-state index in [2.05, 4.69) is 78.9 Å². The lowest BCUT2D eigenvalue weighted by Gasteiger charge is -2.18. The summed E-state index contributed by atoms with van der Waals surface area (Å²) in [6.07, 6.45) is 0. The molecule has 0 N–H and O–H groups in total. The van der Waals surface area contributed by atoms with Crippen molar-refractivity contribution in [1.82, 2.24) is 0 Å². The first kappa shape index (κ1) is 18.4. The SMILES string of the molecule is [2H]c1ccc2cc(-c3c4ccccc4c(-c4ccc5oc6c([2H])cccc6c5c4)c4ccccc34)ccc2c1. The van der Waals surface area contributed by atoms with Crippen LogP contribution < -0.4 is 0 Å². The summed E-state index contributed by atoms with van der Waals surface area (Å²) in [5, 5.41) is 9.00. The van der Waals surface area contributed by atoms with Gasteiger partial charge in [0.2, 0.25) is 0 Å². The van der Waals surface area contributed by atoms with E-state index in [1.165, 1.54) is 38.2 Å². The lowest BCUT2D eigenvalue weighted by Crippen LogP contribution is -1.91. The number of para-hydroxylation sites is 1. The van der Waals surface area contributed by atoms with Crippen LogP contribution in [0.2, 0.25) is 0 Å². The normalized spacial score (nSPS) is 12.5. The molecule has 172 valence electrons. The van der Waals surface area contributed by atoms with Gasteiger partial charge in [-0.3, -0.25) is 0 Å². The van der Waals surface area contributed by atoms with E-state index in [-0.39, 0.29) is 0 Å².